The molecule has 0 bridgehead atoms. The molecule has 6 heteroatoms. The first-order valence-electron chi connectivity index (χ1n) is 5.08. The van der Waals surface area contributed by atoms with E-state index >= 15 is 0 Å². The van der Waals surface area contributed by atoms with Crippen molar-refractivity contribution in [3.63, 3.8) is 0 Å². The van der Waals surface area contributed by atoms with Crippen molar-refractivity contribution in [3.05, 3.63) is 18.2 Å². The molecular weight excluding hydrogens is 210 g/mol. The zero-order chi connectivity index (χ0) is 12.1. The van der Waals surface area contributed by atoms with Crippen LogP contribution in [0.15, 0.2) is 12.4 Å². The smallest absolute Gasteiger partial charge is 0.315 e. The van der Waals surface area contributed by atoms with E-state index in [9.17, 15) is 9.59 Å². The Morgan fingerprint density at radius 3 is 2.75 bits per heavy atom. The van der Waals surface area contributed by atoms with Gasteiger partial charge in [0.15, 0.2) is 0 Å². The van der Waals surface area contributed by atoms with Crippen LogP contribution in [-0.2, 0) is 9.59 Å². The Morgan fingerprint density at radius 2 is 2.31 bits per heavy atom. The third-order valence-electron chi connectivity index (χ3n) is 2.34. The summed E-state index contributed by atoms with van der Waals surface area (Å²) in [5.41, 5.74) is 0. The number of aliphatic carboxylic acids is 1. The van der Waals surface area contributed by atoms with Gasteiger partial charge in [-0.1, -0.05) is 6.92 Å². The van der Waals surface area contributed by atoms with Gasteiger partial charge in [-0.15, -0.1) is 0 Å². The number of rotatable bonds is 5. The number of nitrogens with zero attached hydrogens (tertiary/aromatic N) is 1. The van der Waals surface area contributed by atoms with Gasteiger partial charge in [-0.05, 0) is 13.3 Å². The molecule has 0 fully saturated rings. The van der Waals surface area contributed by atoms with Gasteiger partial charge in [-0.3, -0.25) is 9.59 Å². The molecule has 0 aliphatic heterocycles. The summed E-state index contributed by atoms with van der Waals surface area (Å²) in [4.78, 5) is 29.0. The van der Waals surface area contributed by atoms with Crippen LogP contribution >= 0.6 is 0 Å². The van der Waals surface area contributed by atoms with Crippen LogP contribution in [0.5, 0.6) is 0 Å². The maximum absolute atomic E-state index is 11.5. The van der Waals surface area contributed by atoms with Crippen molar-refractivity contribution in [1.82, 2.24) is 15.3 Å². The van der Waals surface area contributed by atoms with Crippen LogP contribution in [-0.4, -0.2) is 27.0 Å². The molecule has 1 rings (SSSR count). The molecule has 0 aliphatic rings. The zero-order valence-corrected chi connectivity index (χ0v) is 9.23. The molecule has 0 spiro atoms. The molecule has 2 atom stereocenters. The molecule has 3 N–H and O–H groups in total. The van der Waals surface area contributed by atoms with Crippen LogP contribution in [0.2, 0.25) is 0 Å². The van der Waals surface area contributed by atoms with Crippen LogP contribution < -0.4 is 5.32 Å². The van der Waals surface area contributed by atoms with Gasteiger partial charge in [-0.2, -0.15) is 0 Å². The van der Waals surface area contributed by atoms with E-state index in [0.29, 0.717) is 12.2 Å². The molecule has 1 heterocycles. The molecular formula is C10H15N3O3. The molecule has 0 radical (unpaired) electrons. The summed E-state index contributed by atoms with van der Waals surface area (Å²) in [6, 6.07) is -0.274. The first-order chi connectivity index (χ1) is 7.56. The minimum Gasteiger partial charge on any atom is -0.481 e. The number of amides is 1. The van der Waals surface area contributed by atoms with Gasteiger partial charge in [-0.25, -0.2) is 4.98 Å². The Kier molecular flexibility index (Phi) is 4.04. The Labute approximate surface area is 93.1 Å². The highest BCUT2D eigenvalue weighted by Crippen LogP contribution is 2.12. The molecule has 0 aliphatic carbocycles. The summed E-state index contributed by atoms with van der Waals surface area (Å²) in [6.07, 6.45) is 3.89. The fourth-order valence-corrected chi connectivity index (χ4v) is 1.24. The third-order valence-corrected chi connectivity index (χ3v) is 2.34. The molecule has 0 aromatic carbocycles. The lowest BCUT2D eigenvalue weighted by Crippen LogP contribution is -2.36. The number of carboxylic acid groups (broad SMARTS) is 1. The summed E-state index contributed by atoms with van der Waals surface area (Å²) in [6.45, 7) is 3.24. The van der Waals surface area contributed by atoms with E-state index in [1.807, 2.05) is 6.92 Å². The number of carbonyl (C=O) groups is 2. The zero-order valence-electron chi connectivity index (χ0n) is 9.23. The monoisotopic (exact) mass is 225 g/mol. The van der Waals surface area contributed by atoms with Crippen molar-refractivity contribution in [2.75, 3.05) is 0 Å². The lowest BCUT2D eigenvalue weighted by molar-refractivity contribution is -0.146. The number of H-pyrrole nitrogens is 1. The first kappa shape index (κ1) is 12.2. The van der Waals surface area contributed by atoms with Crippen LogP contribution in [0.1, 0.15) is 32.1 Å². The summed E-state index contributed by atoms with van der Waals surface area (Å²) in [7, 11) is 0. The number of nitrogens with one attached hydrogen (secondary N) is 2. The number of imidazole rings is 1. The molecule has 0 saturated carbocycles. The number of aromatic nitrogens is 2. The van der Waals surface area contributed by atoms with Crippen molar-refractivity contribution >= 4 is 11.9 Å². The molecule has 1 aromatic heterocycles. The number of carbonyl (C=O) groups excluding carboxylic acids is 1. The Hall–Kier alpha value is -1.85. The summed E-state index contributed by atoms with van der Waals surface area (Å²) in [5.74, 6) is -2.06. The predicted octanol–water partition coefficient (Wildman–Crippen LogP) is 0.698. The Balaban J connectivity index is 2.64. The minimum absolute atomic E-state index is 0.274. The van der Waals surface area contributed by atoms with E-state index in [0.717, 1.165) is 0 Å². The molecule has 1 aromatic rings. The highest BCUT2D eigenvalue weighted by atomic mass is 16.4. The average Bonchev–Trinajstić information content (AvgIpc) is 2.77. The molecule has 0 saturated heterocycles. The average molecular weight is 225 g/mol. The number of carboxylic acids is 1. The van der Waals surface area contributed by atoms with Crippen LogP contribution in [0.3, 0.4) is 0 Å². The van der Waals surface area contributed by atoms with E-state index in [2.05, 4.69) is 15.3 Å². The van der Waals surface area contributed by atoms with Crippen molar-refractivity contribution in [2.45, 2.75) is 26.3 Å². The van der Waals surface area contributed by atoms with Gasteiger partial charge in [0.05, 0.1) is 6.04 Å². The van der Waals surface area contributed by atoms with E-state index in [4.69, 9.17) is 5.11 Å². The summed E-state index contributed by atoms with van der Waals surface area (Å²) in [5, 5.41) is 11.3. The minimum atomic E-state index is -1.13. The number of hydrogen-bond acceptors (Lipinski definition) is 3. The van der Waals surface area contributed by atoms with Crippen LogP contribution in [0.25, 0.3) is 0 Å². The van der Waals surface area contributed by atoms with Gasteiger partial charge in [0.25, 0.3) is 0 Å². The van der Waals surface area contributed by atoms with Crippen LogP contribution in [0.4, 0.5) is 0 Å². The van der Waals surface area contributed by atoms with E-state index in [1.54, 1.807) is 12.4 Å². The second-order valence-electron chi connectivity index (χ2n) is 3.50. The van der Waals surface area contributed by atoms with Crippen LogP contribution in [0, 0.1) is 5.92 Å². The Bertz CT molecular complexity index is 361. The quantitative estimate of drug-likeness (QED) is 0.643. The fraction of sp³-hybridized carbons (Fsp3) is 0.500. The number of aromatic amines is 1. The number of hydrogen-bond donors (Lipinski definition) is 3. The topological polar surface area (TPSA) is 95.1 Å². The fourth-order valence-electron chi connectivity index (χ4n) is 1.24. The summed E-state index contributed by atoms with van der Waals surface area (Å²) < 4.78 is 0. The maximum atomic E-state index is 11.5. The second kappa shape index (κ2) is 5.29. The summed E-state index contributed by atoms with van der Waals surface area (Å²) >= 11 is 0. The second-order valence-corrected chi connectivity index (χ2v) is 3.50. The molecule has 2 unspecified atom stereocenters. The van der Waals surface area contributed by atoms with Crippen molar-refractivity contribution in [3.8, 4) is 0 Å². The van der Waals surface area contributed by atoms with E-state index < -0.39 is 17.8 Å². The standard InChI is InChI=1S/C10H15N3O3/c1-3-7(8-11-4-5-12-8)13-9(14)6(2)10(15)16/h4-7H,3H2,1-2H3,(H,11,12)(H,13,14)(H,15,16). The van der Waals surface area contributed by atoms with Gasteiger partial charge in [0.1, 0.15) is 11.7 Å². The third kappa shape index (κ3) is 2.82. The molecule has 16 heavy (non-hydrogen) atoms. The van der Waals surface area contributed by atoms with Crippen molar-refractivity contribution in [2.24, 2.45) is 5.92 Å². The first-order valence-corrected chi connectivity index (χ1v) is 5.08. The lowest BCUT2D eigenvalue weighted by Gasteiger charge is -2.16. The SMILES string of the molecule is CCC(NC(=O)C(C)C(=O)O)c1ncc[nH]1. The highest BCUT2D eigenvalue weighted by molar-refractivity contribution is 5.96. The van der Waals surface area contributed by atoms with Crippen molar-refractivity contribution in [1.29, 1.82) is 0 Å². The normalized spacial score (nSPS) is 14.1. The Morgan fingerprint density at radius 1 is 1.62 bits per heavy atom. The maximum Gasteiger partial charge on any atom is 0.315 e. The highest BCUT2D eigenvalue weighted by Gasteiger charge is 2.23. The molecule has 88 valence electrons. The van der Waals surface area contributed by atoms with Gasteiger partial charge in [0, 0.05) is 12.4 Å². The molecule has 1 amide bonds. The van der Waals surface area contributed by atoms with E-state index in [-0.39, 0.29) is 6.04 Å². The van der Waals surface area contributed by atoms with Gasteiger partial charge >= 0.3 is 5.97 Å². The van der Waals surface area contributed by atoms with Gasteiger partial charge in [0.2, 0.25) is 5.91 Å². The van der Waals surface area contributed by atoms with Crippen molar-refractivity contribution < 1.29 is 14.7 Å². The van der Waals surface area contributed by atoms with E-state index in [1.165, 1.54) is 6.92 Å². The molecule has 6 nitrogen and oxygen atoms in total. The predicted molar refractivity (Wildman–Crippen MR) is 56.6 cm³/mol. The van der Waals surface area contributed by atoms with Gasteiger partial charge < -0.3 is 15.4 Å². The largest absolute Gasteiger partial charge is 0.481 e. The lowest BCUT2D eigenvalue weighted by atomic mass is 10.1.